The molecule has 1 atom stereocenters. The quantitative estimate of drug-likeness (QED) is 0.711. The Morgan fingerprint density at radius 1 is 1.19 bits per heavy atom. The first-order valence-electron chi connectivity index (χ1n) is 5.39. The maximum absolute atomic E-state index is 12.3. The monoisotopic (exact) mass is 229 g/mol. The highest BCUT2D eigenvalue weighted by Crippen LogP contribution is 2.31. The fourth-order valence-corrected chi connectivity index (χ4v) is 2.03. The van der Waals surface area contributed by atoms with Crippen molar-refractivity contribution in [2.24, 2.45) is 5.92 Å². The molecule has 1 fully saturated rings. The molecule has 0 bridgehead atoms. The number of rotatable bonds is 1. The van der Waals surface area contributed by atoms with E-state index in [0.29, 0.717) is 5.92 Å². The van der Waals surface area contributed by atoms with E-state index in [-0.39, 0.29) is 0 Å². The SMILES string of the molecule is CC1CCN(c2ccc(C(F)(F)F)cc2)C1. The molecule has 0 spiro atoms. The Morgan fingerprint density at radius 2 is 1.81 bits per heavy atom. The van der Waals surface area contributed by atoms with Crippen molar-refractivity contribution >= 4 is 5.69 Å². The lowest BCUT2D eigenvalue weighted by atomic mass is 10.2. The van der Waals surface area contributed by atoms with Crippen molar-refractivity contribution in [2.75, 3.05) is 18.0 Å². The first kappa shape index (κ1) is 11.3. The minimum Gasteiger partial charge on any atom is -0.371 e. The zero-order chi connectivity index (χ0) is 11.8. The second kappa shape index (κ2) is 4.00. The molecule has 0 aromatic heterocycles. The highest BCUT2D eigenvalue weighted by Gasteiger charge is 2.30. The number of alkyl halides is 3. The van der Waals surface area contributed by atoms with Crippen LogP contribution >= 0.6 is 0 Å². The Hall–Kier alpha value is -1.19. The molecule has 1 nitrogen and oxygen atoms in total. The van der Waals surface area contributed by atoms with Gasteiger partial charge in [-0.1, -0.05) is 6.92 Å². The van der Waals surface area contributed by atoms with Gasteiger partial charge in [0.25, 0.3) is 0 Å². The van der Waals surface area contributed by atoms with Gasteiger partial charge in [-0.3, -0.25) is 0 Å². The van der Waals surface area contributed by atoms with E-state index in [0.717, 1.165) is 37.3 Å². The summed E-state index contributed by atoms with van der Waals surface area (Å²) in [5.41, 5.74) is 0.306. The smallest absolute Gasteiger partial charge is 0.371 e. The van der Waals surface area contributed by atoms with Crippen LogP contribution in [0.15, 0.2) is 24.3 Å². The third kappa shape index (κ3) is 2.31. The molecule has 0 radical (unpaired) electrons. The summed E-state index contributed by atoms with van der Waals surface area (Å²) in [6.45, 7) is 4.03. The van der Waals surface area contributed by atoms with Crippen molar-refractivity contribution in [1.82, 2.24) is 0 Å². The summed E-state index contributed by atoms with van der Waals surface area (Å²) in [6.07, 6.45) is -3.13. The molecular formula is C12H14F3N. The summed E-state index contributed by atoms with van der Waals surface area (Å²) in [5.74, 6) is 0.627. The van der Waals surface area contributed by atoms with Gasteiger partial charge in [0.15, 0.2) is 0 Å². The van der Waals surface area contributed by atoms with E-state index in [9.17, 15) is 13.2 Å². The van der Waals surface area contributed by atoms with Crippen LogP contribution in [0.25, 0.3) is 0 Å². The fourth-order valence-electron chi connectivity index (χ4n) is 2.03. The summed E-state index contributed by atoms with van der Waals surface area (Å²) >= 11 is 0. The Bertz CT molecular complexity index is 356. The molecule has 0 N–H and O–H groups in total. The minimum atomic E-state index is -4.24. The number of nitrogens with zero attached hydrogens (tertiary/aromatic N) is 1. The Morgan fingerprint density at radius 3 is 2.25 bits per heavy atom. The molecule has 1 saturated heterocycles. The third-order valence-electron chi connectivity index (χ3n) is 2.98. The summed E-state index contributed by atoms with van der Waals surface area (Å²) < 4.78 is 37.0. The van der Waals surface area contributed by atoms with Crippen molar-refractivity contribution in [1.29, 1.82) is 0 Å². The summed E-state index contributed by atoms with van der Waals surface area (Å²) in [7, 11) is 0. The van der Waals surface area contributed by atoms with Gasteiger partial charge >= 0.3 is 6.18 Å². The second-order valence-corrected chi connectivity index (χ2v) is 4.38. The molecule has 0 amide bonds. The fraction of sp³-hybridized carbons (Fsp3) is 0.500. The highest BCUT2D eigenvalue weighted by molar-refractivity contribution is 5.48. The van der Waals surface area contributed by atoms with Crippen molar-refractivity contribution in [2.45, 2.75) is 19.5 Å². The molecule has 1 aliphatic rings. The lowest BCUT2D eigenvalue weighted by Crippen LogP contribution is -2.19. The minimum absolute atomic E-state index is 0.580. The summed E-state index contributed by atoms with van der Waals surface area (Å²) in [4.78, 5) is 2.13. The first-order chi connectivity index (χ1) is 7.47. The highest BCUT2D eigenvalue weighted by atomic mass is 19.4. The van der Waals surface area contributed by atoms with E-state index >= 15 is 0 Å². The Kier molecular flexibility index (Phi) is 2.82. The second-order valence-electron chi connectivity index (χ2n) is 4.38. The third-order valence-corrected chi connectivity index (χ3v) is 2.98. The lowest BCUT2D eigenvalue weighted by Gasteiger charge is -2.18. The van der Waals surface area contributed by atoms with Crippen molar-refractivity contribution in [3.05, 3.63) is 29.8 Å². The first-order valence-corrected chi connectivity index (χ1v) is 5.39. The summed E-state index contributed by atoms with van der Waals surface area (Å²) in [6, 6.07) is 5.42. The van der Waals surface area contributed by atoms with Gasteiger partial charge in [-0.05, 0) is 36.6 Å². The predicted octanol–water partition coefficient (Wildman–Crippen LogP) is 3.55. The van der Waals surface area contributed by atoms with Gasteiger partial charge in [-0.2, -0.15) is 13.2 Å². The molecule has 1 heterocycles. The zero-order valence-corrected chi connectivity index (χ0v) is 9.09. The van der Waals surface area contributed by atoms with E-state index in [2.05, 4.69) is 11.8 Å². The maximum Gasteiger partial charge on any atom is 0.416 e. The van der Waals surface area contributed by atoms with Gasteiger partial charge in [0.05, 0.1) is 5.56 Å². The molecule has 4 heteroatoms. The number of hydrogen-bond acceptors (Lipinski definition) is 1. The maximum atomic E-state index is 12.3. The van der Waals surface area contributed by atoms with E-state index in [4.69, 9.17) is 0 Å². The predicted molar refractivity (Wildman–Crippen MR) is 57.4 cm³/mol. The van der Waals surface area contributed by atoms with Gasteiger partial charge in [0.1, 0.15) is 0 Å². The van der Waals surface area contributed by atoms with Crippen LogP contribution in [0.1, 0.15) is 18.9 Å². The van der Waals surface area contributed by atoms with E-state index in [1.54, 1.807) is 12.1 Å². The number of anilines is 1. The topological polar surface area (TPSA) is 3.24 Å². The average Bonchev–Trinajstić information content (AvgIpc) is 2.64. The van der Waals surface area contributed by atoms with Gasteiger partial charge < -0.3 is 4.90 Å². The van der Waals surface area contributed by atoms with E-state index in [1.807, 2.05) is 0 Å². The lowest BCUT2D eigenvalue weighted by molar-refractivity contribution is -0.137. The standard InChI is InChI=1S/C12H14F3N/c1-9-6-7-16(8-9)11-4-2-10(3-5-11)12(13,14)15/h2-5,9H,6-8H2,1H3. The zero-order valence-electron chi connectivity index (χ0n) is 9.09. The largest absolute Gasteiger partial charge is 0.416 e. The van der Waals surface area contributed by atoms with Crippen LogP contribution in [0.2, 0.25) is 0 Å². The number of hydrogen-bond donors (Lipinski definition) is 0. The number of benzene rings is 1. The summed E-state index contributed by atoms with van der Waals surface area (Å²) in [5, 5.41) is 0. The van der Waals surface area contributed by atoms with Crippen LogP contribution in [0.5, 0.6) is 0 Å². The molecule has 16 heavy (non-hydrogen) atoms. The van der Waals surface area contributed by atoms with E-state index < -0.39 is 11.7 Å². The molecule has 1 aliphatic heterocycles. The normalized spacial score (nSPS) is 21.5. The van der Waals surface area contributed by atoms with Crippen molar-refractivity contribution in [3.8, 4) is 0 Å². The average molecular weight is 229 g/mol. The van der Waals surface area contributed by atoms with Crippen molar-refractivity contribution < 1.29 is 13.2 Å². The van der Waals surface area contributed by atoms with Gasteiger partial charge in [0, 0.05) is 18.8 Å². The van der Waals surface area contributed by atoms with Crippen LogP contribution in [0.3, 0.4) is 0 Å². The molecule has 1 aromatic carbocycles. The molecular weight excluding hydrogens is 215 g/mol. The van der Waals surface area contributed by atoms with Gasteiger partial charge in [0.2, 0.25) is 0 Å². The molecule has 2 rings (SSSR count). The van der Waals surface area contributed by atoms with Crippen molar-refractivity contribution in [3.63, 3.8) is 0 Å². The molecule has 0 aliphatic carbocycles. The van der Waals surface area contributed by atoms with Crippen LogP contribution in [-0.2, 0) is 6.18 Å². The Balaban J connectivity index is 2.14. The van der Waals surface area contributed by atoms with Crippen LogP contribution < -0.4 is 4.90 Å². The van der Waals surface area contributed by atoms with Crippen LogP contribution in [0.4, 0.5) is 18.9 Å². The van der Waals surface area contributed by atoms with Crippen LogP contribution in [-0.4, -0.2) is 13.1 Å². The molecule has 1 unspecified atom stereocenters. The molecule has 1 aromatic rings. The number of halogens is 3. The van der Waals surface area contributed by atoms with E-state index in [1.165, 1.54) is 0 Å². The van der Waals surface area contributed by atoms with Crippen LogP contribution in [0, 0.1) is 5.92 Å². The molecule has 0 saturated carbocycles. The Labute approximate surface area is 92.9 Å². The molecule has 88 valence electrons. The van der Waals surface area contributed by atoms with Gasteiger partial charge in [-0.25, -0.2) is 0 Å². The van der Waals surface area contributed by atoms with Gasteiger partial charge in [-0.15, -0.1) is 0 Å².